The first-order valence-corrected chi connectivity index (χ1v) is 5.75. The minimum atomic E-state index is -0.574. The first-order chi connectivity index (χ1) is 8.25. The number of hydrogen-bond acceptors (Lipinski definition) is 4. The van der Waals surface area contributed by atoms with Crippen molar-refractivity contribution < 1.29 is 15.0 Å². The van der Waals surface area contributed by atoms with Crippen LogP contribution in [0.5, 0.6) is 11.5 Å². The third kappa shape index (κ3) is 3.10. The van der Waals surface area contributed by atoms with Gasteiger partial charge in [-0.3, -0.25) is 4.79 Å². The molecule has 1 rings (SSSR count). The summed E-state index contributed by atoms with van der Waals surface area (Å²) in [6.07, 6.45) is 0. The molecule has 0 atom stereocenters. The lowest BCUT2D eigenvalue weighted by Crippen LogP contribution is -2.41. The van der Waals surface area contributed by atoms with Crippen LogP contribution in [0.25, 0.3) is 0 Å². The molecule has 0 aliphatic carbocycles. The molecule has 5 N–H and O–H groups in total. The minimum absolute atomic E-state index is 0.156. The van der Waals surface area contributed by atoms with Crippen molar-refractivity contribution in [2.24, 2.45) is 11.1 Å². The molecule has 0 unspecified atom stereocenters. The van der Waals surface area contributed by atoms with Gasteiger partial charge in [0.25, 0.3) is 5.91 Å². The molecule has 0 saturated carbocycles. The zero-order valence-electron chi connectivity index (χ0n) is 10.2. The topological polar surface area (TPSA) is 95.6 Å². The molecule has 1 aromatic rings. The third-order valence-electron chi connectivity index (χ3n) is 2.61. The predicted octanol–water partition coefficient (Wildman–Crippen LogP) is 1.14. The number of aromatic hydroxyl groups is 2. The van der Waals surface area contributed by atoms with E-state index in [0.717, 1.165) is 0 Å². The molecule has 6 heteroatoms. The van der Waals surface area contributed by atoms with Gasteiger partial charge in [0.05, 0.1) is 4.99 Å². The van der Waals surface area contributed by atoms with Crippen LogP contribution in [-0.4, -0.2) is 27.7 Å². The van der Waals surface area contributed by atoms with Gasteiger partial charge in [0.15, 0.2) is 0 Å². The second-order valence-electron chi connectivity index (χ2n) is 4.60. The van der Waals surface area contributed by atoms with Gasteiger partial charge in [0.1, 0.15) is 17.1 Å². The van der Waals surface area contributed by atoms with Crippen LogP contribution >= 0.6 is 12.2 Å². The normalized spacial score (nSPS) is 11.0. The molecule has 18 heavy (non-hydrogen) atoms. The fraction of sp³-hybridized carbons (Fsp3) is 0.333. The summed E-state index contributed by atoms with van der Waals surface area (Å²) in [5.74, 6) is -1.13. The van der Waals surface area contributed by atoms with Crippen LogP contribution in [0.1, 0.15) is 24.2 Å². The highest BCUT2D eigenvalue weighted by atomic mass is 32.1. The molecule has 98 valence electrons. The van der Waals surface area contributed by atoms with Crippen molar-refractivity contribution in [3.63, 3.8) is 0 Å². The van der Waals surface area contributed by atoms with E-state index in [4.69, 9.17) is 18.0 Å². The molecule has 1 aromatic carbocycles. The molecule has 0 aliphatic rings. The van der Waals surface area contributed by atoms with Crippen LogP contribution in [0.2, 0.25) is 0 Å². The molecule has 0 aliphatic heterocycles. The Kier molecular flexibility index (Phi) is 4.13. The van der Waals surface area contributed by atoms with E-state index in [-0.39, 0.29) is 28.6 Å². The number of nitrogens with one attached hydrogen (secondary N) is 1. The largest absolute Gasteiger partial charge is 0.507 e. The van der Waals surface area contributed by atoms with Gasteiger partial charge in [-0.2, -0.15) is 0 Å². The number of carbonyl (C=O) groups is 1. The molecule has 0 saturated heterocycles. The zero-order valence-corrected chi connectivity index (χ0v) is 11.0. The minimum Gasteiger partial charge on any atom is -0.507 e. The number of hydrogen-bond donors (Lipinski definition) is 4. The molecule has 5 nitrogen and oxygen atoms in total. The van der Waals surface area contributed by atoms with Crippen LogP contribution in [0.15, 0.2) is 18.2 Å². The monoisotopic (exact) mass is 268 g/mol. The predicted molar refractivity (Wildman–Crippen MR) is 72.7 cm³/mol. The standard InChI is InChI=1S/C12H16N2O3S/c1-12(2,11(13)18)6-14-10(17)9-7(15)4-3-5-8(9)16/h3-5,15-16H,6H2,1-2H3,(H2,13,18)(H,14,17). The van der Waals surface area contributed by atoms with Crippen molar-refractivity contribution in [2.75, 3.05) is 6.54 Å². The number of carbonyl (C=O) groups excluding carboxylic acids is 1. The summed E-state index contributed by atoms with van der Waals surface area (Å²) in [6.45, 7) is 3.80. The maximum atomic E-state index is 11.8. The lowest BCUT2D eigenvalue weighted by atomic mass is 9.93. The van der Waals surface area contributed by atoms with E-state index in [1.165, 1.54) is 18.2 Å². The van der Waals surface area contributed by atoms with Crippen molar-refractivity contribution in [3.8, 4) is 11.5 Å². The Morgan fingerprint density at radius 1 is 1.39 bits per heavy atom. The van der Waals surface area contributed by atoms with Crippen molar-refractivity contribution in [2.45, 2.75) is 13.8 Å². The highest BCUT2D eigenvalue weighted by Gasteiger charge is 2.24. The van der Waals surface area contributed by atoms with Crippen LogP contribution in [0.3, 0.4) is 0 Å². The van der Waals surface area contributed by atoms with Gasteiger partial charge in [0, 0.05) is 12.0 Å². The van der Waals surface area contributed by atoms with E-state index < -0.39 is 11.3 Å². The van der Waals surface area contributed by atoms with E-state index in [9.17, 15) is 15.0 Å². The lowest BCUT2D eigenvalue weighted by molar-refractivity contribution is 0.0939. The summed E-state index contributed by atoms with van der Waals surface area (Å²) in [7, 11) is 0. The van der Waals surface area contributed by atoms with E-state index >= 15 is 0 Å². The van der Waals surface area contributed by atoms with E-state index in [1.54, 1.807) is 13.8 Å². The van der Waals surface area contributed by atoms with Gasteiger partial charge in [-0.1, -0.05) is 32.1 Å². The second-order valence-corrected chi connectivity index (χ2v) is 5.04. The van der Waals surface area contributed by atoms with E-state index in [0.29, 0.717) is 0 Å². The Hall–Kier alpha value is -1.82. The molecule has 0 heterocycles. The summed E-state index contributed by atoms with van der Waals surface area (Å²) in [5, 5.41) is 21.6. The first-order valence-electron chi connectivity index (χ1n) is 5.35. The molecular weight excluding hydrogens is 252 g/mol. The highest BCUT2D eigenvalue weighted by molar-refractivity contribution is 7.80. The number of thiocarbonyl (C=S) groups is 1. The quantitative estimate of drug-likeness (QED) is 0.614. The van der Waals surface area contributed by atoms with Crippen LogP contribution in [0.4, 0.5) is 0 Å². The van der Waals surface area contributed by atoms with Crippen molar-refractivity contribution in [1.29, 1.82) is 0 Å². The van der Waals surface area contributed by atoms with Crippen molar-refractivity contribution in [3.05, 3.63) is 23.8 Å². The molecule has 0 aromatic heterocycles. The van der Waals surface area contributed by atoms with Crippen molar-refractivity contribution >= 4 is 23.1 Å². The Labute approximate surface area is 111 Å². The summed E-state index contributed by atoms with van der Waals surface area (Å²) in [6, 6.07) is 4.10. The molecule has 0 bridgehead atoms. The van der Waals surface area contributed by atoms with Gasteiger partial charge >= 0.3 is 0 Å². The highest BCUT2D eigenvalue weighted by Crippen LogP contribution is 2.26. The summed E-state index contributed by atoms with van der Waals surface area (Å²) < 4.78 is 0. The molecule has 0 radical (unpaired) electrons. The zero-order chi connectivity index (χ0) is 13.9. The molecular formula is C12H16N2O3S. The third-order valence-corrected chi connectivity index (χ3v) is 3.16. The van der Waals surface area contributed by atoms with Gasteiger partial charge in [-0.25, -0.2) is 0 Å². The Balaban J connectivity index is 2.82. The van der Waals surface area contributed by atoms with E-state index in [1.807, 2.05) is 0 Å². The summed E-state index contributed by atoms with van der Waals surface area (Å²) in [5.41, 5.74) is 4.84. The SMILES string of the molecule is CC(C)(CNC(=O)c1c(O)cccc1O)C(N)=S. The lowest BCUT2D eigenvalue weighted by Gasteiger charge is -2.23. The molecule has 0 spiro atoms. The van der Waals surface area contributed by atoms with Gasteiger partial charge in [-0.05, 0) is 12.1 Å². The first kappa shape index (κ1) is 14.2. The number of rotatable bonds is 4. The Morgan fingerprint density at radius 2 is 1.89 bits per heavy atom. The number of phenolic OH excluding ortho intramolecular Hbond substituents is 2. The number of amides is 1. The van der Waals surface area contributed by atoms with Crippen LogP contribution in [-0.2, 0) is 0 Å². The number of phenols is 2. The maximum Gasteiger partial charge on any atom is 0.258 e. The molecule has 0 fully saturated rings. The number of nitrogens with two attached hydrogens (primary N) is 1. The second kappa shape index (κ2) is 5.22. The Bertz CT molecular complexity index is 466. The van der Waals surface area contributed by atoms with Crippen LogP contribution < -0.4 is 11.1 Å². The van der Waals surface area contributed by atoms with Gasteiger partial charge in [0.2, 0.25) is 0 Å². The summed E-state index contributed by atoms with van der Waals surface area (Å²) >= 11 is 4.88. The van der Waals surface area contributed by atoms with E-state index in [2.05, 4.69) is 5.32 Å². The average molecular weight is 268 g/mol. The fourth-order valence-corrected chi connectivity index (χ4v) is 1.31. The Morgan fingerprint density at radius 3 is 2.33 bits per heavy atom. The van der Waals surface area contributed by atoms with Gasteiger partial charge in [-0.15, -0.1) is 0 Å². The maximum absolute atomic E-state index is 11.8. The summed E-state index contributed by atoms with van der Waals surface area (Å²) in [4.78, 5) is 12.1. The fourth-order valence-electron chi connectivity index (χ4n) is 1.24. The van der Waals surface area contributed by atoms with Crippen molar-refractivity contribution in [1.82, 2.24) is 5.32 Å². The molecule has 1 amide bonds. The number of benzene rings is 1. The van der Waals surface area contributed by atoms with Crippen LogP contribution in [0, 0.1) is 5.41 Å². The average Bonchev–Trinajstić information content (AvgIpc) is 2.26. The smallest absolute Gasteiger partial charge is 0.258 e. The van der Waals surface area contributed by atoms with Gasteiger partial charge < -0.3 is 21.3 Å².